The van der Waals surface area contributed by atoms with Crippen molar-refractivity contribution in [2.45, 2.75) is 41.5 Å². The average Bonchev–Trinajstić information content (AvgIpc) is 2.44. The van der Waals surface area contributed by atoms with Crippen molar-refractivity contribution in [3.8, 4) is 11.5 Å². The fourth-order valence-electron chi connectivity index (χ4n) is 3.06. The Morgan fingerprint density at radius 2 is 1.00 bits per heavy atom. The summed E-state index contributed by atoms with van der Waals surface area (Å²) in [5.41, 5.74) is 7.34. The maximum atomic E-state index is 6.38. The van der Waals surface area contributed by atoms with Gasteiger partial charge in [-0.3, -0.25) is 0 Å². The van der Waals surface area contributed by atoms with Crippen molar-refractivity contribution >= 4 is 37.6 Å². The first-order valence-electron chi connectivity index (χ1n) is 7.86. The van der Waals surface area contributed by atoms with Gasteiger partial charge >= 0.3 is 159 Å². The van der Waals surface area contributed by atoms with Crippen LogP contribution in [-0.4, -0.2) is 18.3 Å². The van der Waals surface area contributed by atoms with Crippen LogP contribution in [0.5, 0.6) is 11.5 Å². The Labute approximate surface area is 158 Å². The van der Waals surface area contributed by atoms with Gasteiger partial charge in [-0.2, -0.15) is 0 Å². The maximum absolute atomic E-state index is 6.38. The summed E-state index contributed by atoms with van der Waals surface area (Å²) >= 11 is 0.0388. The Morgan fingerprint density at radius 1 is 0.696 bits per heavy atom. The fourth-order valence-corrected chi connectivity index (χ4v) is 7.95. The van der Waals surface area contributed by atoms with Crippen LogP contribution in [0, 0.1) is 41.5 Å². The zero-order chi connectivity index (χ0) is 17.1. The number of benzene rings is 2. The molecule has 0 aliphatic rings. The molecule has 23 heavy (non-hydrogen) atoms. The number of halogens is 1. The first-order chi connectivity index (χ1) is 10.8. The predicted octanol–water partition coefficient (Wildman–Crippen LogP) is 5.19. The topological polar surface area (TPSA) is 18.5 Å². The van der Waals surface area contributed by atoms with Gasteiger partial charge in [0, 0.05) is 0 Å². The van der Waals surface area contributed by atoms with Crippen LogP contribution < -0.4 is 7.53 Å². The van der Waals surface area contributed by atoms with Gasteiger partial charge in [0.1, 0.15) is 0 Å². The number of hydrogen-bond donors (Lipinski definition) is 0. The van der Waals surface area contributed by atoms with E-state index in [1.165, 1.54) is 33.4 Å². The molecule has 0 heterocycles. The van der Waals surface area contributed by atoms with Crippen molar-refractivity contribution in [3.05, 3.63) is 57.6 Å². The molecule has 0 N–H and O–H groups in total. The van der Waals surface area contributed by atoms with E-state index >= 15 is 0 Å². The first kappa shape index (κ1) is 18.6. The summed E-state index contributed by atoms with van der Waals surface area (Å²) in [6.45, 7) is 12.7. The molecular formula is C19H25GeIO2. The van der Waals surface area contributed by atoms with Crippen LogP contribution in [0.25, 0.3) is 0 Å². The van der Waals surface area contributed by atoms with E-state index in [4.69, 9.17) is 7.53 Å². The Kier molecular flexibility index (Phi) is 6.43. The van der Waals surface area contributed by atoms with E-state index in [9.17, 15) is 0 Å². The third-order valence-corrected chi connectivity index (χ3v) is 10.2. The molecule has 2 aromatic carbocycles. The standard InChI is InChI=1S/C19H25GeIO2/c1-12-7-14(3)18(15(4)8-12)22-20(11-21)23-19-16(5)9-13(2)10-17(19)6/h7-10,20H,11H2,1-6H3. The molecule has 4 heteroatoms. The normalized spacial score (nSPS) is 11.0. The molecule has 0 aliphatic carbocycles. The van der Waals surface area contributed by atoms with Crippen LogP contribution in [0.2, 0.25) is 0 Å². The van der Waals surface area contributed by atoms with Gasteiger partial charge in [0.2, 0.25) is 0 Å². The van der Waals surface area contributed by atoms with Crippen LogP contribution in [-0.2, 0) is 0 Å². The Balaban J connectivity index is 2.26. The second-order valence-corrected chi connectivity index (χ2v) is 14.3. The van der Waals surface area contributed by atoms with Gasteiger partial charge < -0.3 is 0 Å². The summed E-state index contributed by atoms with van der Waals surface area (Å²) in [4.78, 5) is 0. The van der Waals surface area contributed by atoms with Gasteiger partial charge in [0.15, 0.2) is 0 Å². The van der Waals surface area contributed by atoms with E-state index in [0.29, 0.717) is 0 Å². The van der Waals surface area contributed by atoms with Crippen LogP contribution in [0.3, 0.4) is 0 Å². The van der Waals surface area contributed by atoms with Crippen molar-refractivity contribution in [3.63, 3.8) is 0 Å². The van der Waals surface area contributed by atoms with Gasteiger partial charge in [-0.25, -0.2) is 0 Å². The third kappa shape index (κ3) is 4.66. The second kappa shape index (κ2) is 7.92. The molecule has 0 saturated heterocycles. The summed E-state index contributed by atoms with van der Waals surface area (Å²) in [5.74, 6) is 2.03. The minimum absolute atomic E-state index is 0.949. The molecule has 0 atom stereocenters. The minimum atomic E-state index is -2.36. The number of hydrogen-bond acceptors (Lipinski definition) is 2. The zero-order valence-electron chi connectivity index (χ0n) is 14.8. The van der Waals surface area contributed by atoms with Crippen LogP contribution >= 0.6 is 22.6 Å². The number of aryl methyl sites for hydroxylation is 6. The molecule has 2 aromatic rings. The molecule has 0 aromatic heterocycles. The molecule has 0 unspecified atom stereocenters. The summed E-state index contributed by atoms with van der Waals surface area (Å²) < 4.78 is 13.7. The number of alkyl halides is 1. The van der Waals surface area contributed by atoms with Crippen molar-refractivity contribution < 1.29 is 7.53 Å². The molecular weight excluding hydrogens is 460 g/mol. The average molecular weight is 485 g/mol. The summed E-state index contributed by atoms with van der Waals surface area (Å²) in [5, 5.41) is 0. The van der Waals surface area contributed by atoms with E-state index in [1.54, 1.807) is 0 Å². The van der Waals surface area contributed by atoms with Crippen LogP contribution in [0.4, 0.5) is 0 Å². The molecule has 2 rings (SSSR count). The zero-order valence-corrected chi connectivity index (χ0v) is 19.4. The van der Waals surface area contributed by atoms with Crippen molar-refractivity contribution in [1.82, 2.24) is 0 Å². The van der Waals surface area contributed by atoms with Crippen LogP contribution in [0.1, 0.15) is 33.4 Å². The van der Waals surface area contributed by atoms with E-state index in [0.717, 1.165) is 14.8 Å². The fraction of sp³-hybridized carbons (Fsp3) is 0.368. The Hall–Kier alpha value is -0.687. The molecule has 0 radical (unpaired) electrons. The number of rotatable bonds is 5. The molecule has 124 valence electrons. The monoisotopic (exact) mass is 486 g/mol. The van der Waals surface area contributed by atoms with Gasteiger partial charge in [-0.05, 0) is 0 Å². The van der Waals surface area contributed by atoms with E-state index in [2.05, 4.69) is 88.4 Å². The van der Waals surface area contributed by atoms with Gasteiger partial charge in [0.25, 0.3) is 0 Å². The molecule has 0 saturated carbocycles. The summed E-state index contributed by atoms with van der Waals surface area (Å²) in [7, 11) is 0. The SMILES string of the molecule is Cc1cc(C)c([O][GeH]([CH2]I)[O]c2c(C)cc(C)cc2C)c(C)c1. The summed E-state index contributed by atoms with van der Waals surface area (Å²) in [6, 6.07) is 8.71. The molecule has 0 spiro atoms. The van der Waals surface area contributed by atoms with Gasteiger partial charge in [-0.1, -0.05) is 0 Å². The predicted molar refractivity (Wildman–Crippen MR) is 109 cm³/mol. The van der Waals surface area contributed by atoms with Crippen LogP contribution in [0.15, 0.2) is 24.3 Å². The van der Waals surface area contributed by atoms with Crippen molar-refractivity contribution in [2.24, 2.45) is 0 Å². The summed E-state index contributed by atoms with van der Waals surface area (Å²) in [6.07, 6.45) is 0. The van der Waals surface area contributed by atoms with Gasteiger partial charge in [0.05, 0.1) is 0 Å². The van der Waals surface area contributed by atoms with E-state index in [-0.39, 0.29) is 0 Å². The van der Waals surface area contributed by atoms with Crippen molar-refractivity contribution in [1.29, 1.82) is 0 Å². The first-order valence-corrected chi connectivity index (χ1v) is 13.1. The Morgan fingerprint density at radius 3 is 1.26 bits per heavy atom. The third-order valence-electron chi connectivity index (χ3n) is 3.83. The second-order valence-electron chi connectivity index (χ2n) is 6.28. The van der Waals surface area contributed by atoms with Crippen molar-refractivity contribution in [2.75, 3.05) is 3.26 Å². The molecule has 0 amide bonds. The Bertz CT molecular complexity index is 607. The molecule has 0 bridgehead atoms. The van der Waals surface area contributed by atoms with E-state index in [1.807, 2.05) is 0 Å². The molecule has 0 fully saturated rings. The quantitative estimate of drug-likeness (QED) is 0.330. The molecule has 2 nitrogen and oxygen atoms in total. The molecule has 0 aliphatic heterocycles. The van der Waals surface area contributed by atoms with Gasteiger partial charge in [-0.15, -0.1) is 0 Å². The van der Waals surface area contributed by atoms with E-state index < -0.39 is 15.0 Å².